The zero-order valence-corrected chi connectivity index (χ0v) is 8.61. The molecule has 2 aromatic rings. The molecule has 0 aliphatic heterocycles. The number of aryl methyl sites for hydroxylation is 1. The highest BCUT2D eigenvalue weighted by atomic mass is 127. The molecule has 0 saturated heterocycles. The maximum Gasteiger partial charge on any atom is 0.182 e. The summed E-state index contributed by atoms with van der Waals surface area (Å²) in [6.07, 6.45) is 1.72. The third-order valence-electron chi connectivity index (χ3n) is 1.64. The van der Waals surface area contributed by atoms with Crippen LogP contribution in [0.2, 0.25) is 0 Å². The fourth-order valence-corrected chi connectivity index (χ4v) is 1.54. The van der Waals surface area contributed by atoms with E-state index in [2.05, 4.69) is 37.8 Å². The lowest BCUT2D eigenvalue weighted by molar-refractivity contribution is 0.991. The summed E-state index contributed by atoms with van der Waals surface area (Å²) in [6, 6.07) is 3.91. The van der Waals surface area contributed by atoms with Crippen molar-refractivity contribution in [2.24, 2.45) is 0 Å². The van der Waals surface area contributed by atoms with Gasteiger partial charge in [-0.05, 0) is 41.6 Å². The molecule has 12 heavy (non-hydrogen) atoms. The minimum atomic E-state index is 0.715. The molecule has 0 amide bonds. The number of rotatable bonds is 0. The second kappa shape index (κ2) is 2.93. The number of pyridine rings is 1. The second-order valence-corrected chi connectivity index (χ2v) is 3.55. The lowest BCUT2D eigenvalue weighted by Crippen LogP contribution is -1.94. The van der Waals surface area contributed by atoms with Gasteiger partial charge in [0.2, 0.25) is 0 Å². The van der Waals surface area contributed by atoms with Gasteiger partial charge in [0.05, 0.1) is 5.69 Å². The van der Waals surface area contributed by atoms with Crippen LogP contribution in [-0.4, -0.2) is 15.2 Å². The molecule has 2 aromatic heterocycles. The van der Waals surface area contributed by atoms with Crippen LogP contribution in [0.15, 0.2) is 18.3 Å². The van der Waals surface area contributed by atoms with Gasteiger partial charge in [0, 0.05) is 15.2 Å². The SMILES string of the molecule is Cc1nnc2ncccc2c1I. The van der Waals surface area contributed by atoms with Gasteiger partial charge >= 0.3 is 0 Å². The van der Waals surface area contributed by atoms with Gasteiger partial charge in [-0.15, -0.1) is 5.10 Å². The van der Waals surface area contributed by atoms with Gasteiger partial charge < -0.3 is 0 Å². The maximum atomic E-state index is 4.10. The van der Waals surface area contributed by atoms with Crippen molar-refractivity contribution < 1.29 is 0 Å². The molecular weight excluding hydrogens is 265 g/mol. The molecule has 0 unspecified atom stereocenters. The molecule has 0 fully saturated rings. The number of hydrogen-bond acceptors (Lipinski definition) is 3. The number of nitrogens with zero attached hydrogens (tertiary/aromatic N) is 3. The molecule has 2 rings (SSSR count). The first-order valence-corrected chi connectivity index (χ1v) is 4.60. The van der Waals surface area contributed by atoms with Crippen LogP contribution in [0.1, 0.15) is 5.69 Å². The first-order valence-electron chi connectivity index (χ1n) is 3.52. The Morgan fingerprint density at radius 3 is 3.00 bits per heavy atom. The molecule has 4 heteroatoms. The minimum Gasteiger partial charge on any atom is -0.235 e. The Hall–Kier alpha value is -0.780. The number of aromatic nitrogens is 3. The Morgan fingerprint density at radius 1 is 1.33 bits per heavy atom. The van der Waals surface area contributed by atoms with Gasteiger partial charge in [-0.3, -0.25) is 0 Å². The van der Waals surface area contributed by atoms with E-state index in [1.165, 1.54) is 0 Å². The van der Waals surface area contributed by atoms with Gasteiger partial charge in [0.1, 0.15) is 0 Å². The largest absolute Gasteiger partial charge is 0.235 e. The topological polar surface area (TPSA) is 38.7 Å². The van der Waals surface area contributed by atoms with E-state index in [1.807, 2.05) is 19.1 Å². The van der Waals surface area contributed by atoms with Crippen molar-refractivity contribution in [2.75, 3.05) is 0 Å². The average molecular weight is 271 g/mol. The monoisotopic (exact) mass is 271 g/mol. The van der Waals surface area contributed by atoms with Gasteiger partial charge in [-0.2, -0.15) is 5.10 Å². The van der Waals surface area contributed by atoms with Gasteiger partial charge in [0.15, 0.2) is 5.65 Å². The normalized spacial score (nSPS) is 10.5. The Kier molecular flexibility index (Phi) is 1.92. The lowest BCUT2D eigenvalue weighted by Gasteiger charge is -1.99. The van der Waals surface area contributed by atoms with Crippen LogP contribution in [0.5, 0.6) is 0 Å². The third kappa shape index (κ3) is 1.16. The first-order chi connectivity index (χ1) is 5.79. The lowest BCUT2D eigenvalue weighted by atomic mass is 10.3. The van der Waals surface area contributed by atoms with Crippen molar-refractivity contribution in [1.29, 1.82) is 0 Å². The van der Waals surface area contributed by atoms with Crippen LogP contribution in [0.3, 0.4) is 0 Å². The van der Waals surface area contributed by atoms with E-state index in [1.54, 1.807) is 6.20 Å². The van der Waals surface area contributed by atoms with Crippen molar-refractivity contribution in [3.63, 3.8) is 0 Å². The highest BCUT2D eigenvalue weighted by Crippen LogP contribution is 2.17. The Labute approximate surface area is 83.4 Å². The van der Waals surface area contributed by atoms with E-state index in [9.17, 15) is 0 Å². The summed E-state index contributed by atoms with van der Waals surface area (Å²) in [4.78, 5) is 4.10. The predicted molar refractivity (Wildman–Crippen MR) is 54.8 cm³/mol. The zero-order chi connectivity index (χ0) is 8.55. The molecule has 0 aliphatic carbocycles. The summed E-state index contributed by atoms with van der Waals surface area (Å²) in [7, 11) is 0. The molecule has 0 spiro atoms. The van der Waals surface area contributed by atoms with E-state index in [4.69, 9.17) is 0 Å². The van der Waals surface area contributed by atoms with Crippen LogP contribution in [0.4, 0.5) is 0 Å². The molecule has 0 radical (unpaired) electrons. The van der Waals surface area contributed by atoms with Crippen molar-refractivity contribution in [1.82, 2.24) is 15.2 Å². The third-order valence-corrected chi connectivity index (χ3v) is 3.00. The summed E-state index contributed by atoms with van der Waals surface area (Å²) in [5.74, 6) is 0. The number of halogens is 1. The molecule has 0 aromatic carbocycles. The van der Waals surface area contributed by atoms with Crippen LogP contribution in [0, 0.1) is 10.5 Å². The standard InChI is InChI=1S/C8H6IN3/c1-5-7(9)6-3-2-4-10-8(6)12-11-5/h2-4H,1H3. The molecule has 60 valence electrons. The molecule has 0 saturated carbocycles. The molecule has 0 bridgehead atoms. The summed E-state index contributed by atoms with van der Waals surface area (Å²) in [6.45, 7) is 1.95. The minimum absolute atomic E-state index is 0.715. The molecule has 0 atom stereocenters. The summed E-state index contributed by atoms with van der Waals surface area (Å²) in [5, 5.41) is 9.04. The first kappa shape index (κ1) is 7.85. The Balaban J connectivity index is 2.91. The number of hydrogen-bond donors (Lipinski definition) is 0. The van der Waals surface area contributed by atoms with Gasteiger partial charge in [-0.1, -0.05) is 0 Å². The predicted octanol–water partition coefficient (Wildman–Crippen LogP) is 1.94. The molecule has 3 nitrogen and oxygen atoms in total. The van der Waals surface area contributed by atoms with E-state index >= 15 is 0 Å². The maximum absolute atomic E-state index is 4.10. The van der Waals surface area contributed by atoms with Crippen molar-refractivity contribution in [3.8, 4) is 0 Å². The van der Waals surface area contributed by atoms with Gasteiger partial charge in [0.25, 0.3) is 0 Å². The molecule has 0 N–H and O–H groups in total. The zero-order valence-electron chi connectivity index (χ0n) is 6.45. The highest BCUT2D eigenvalue weighted by Gasteiger charge is 2.03. The quantitative estimate of drug-likeness (QED) is 0.687. The summed E-state index contributed by atoms with van der Waals surface area (Å²) in [5.41, 5.74) is 1.67. The van der Waals surface area contributed by atoms with E-state index in [0.29, 0.717) is 5.65 Å². The highest BCUT2D eigenvalue weighted by molar-refractivity contribution is 14.1. The smallest absolute Gasteiger partial charge is 0.182 e. The fraction of sp³-hybridized carbons (Fsp3) is 0.125. The van der Waals surface area contributed by atoms with Crippen LogP contribution in [-0.2, 0) is 0 Å². The van der Waals surface area contributed by atoms with Crippen LogP contribution >= 0.6 is 22.6 Å². The fourth-order valence-electron chi connectivity index (χ4n) is 1.01. The molecular formula is C8H6IN3. The summed E-state index contributed by atoms with van der Waals surface area (Å²) >= 11 is 2.26. The Bertz CT molecular complexity index is 428. The van der Waals surface area contributed by atoms with Crippen molar-refractivity contribution >= 4 is 33.6 Å². The van der Waals surface area contributed by atoms with E-state index < -0.39 is 0 Å². The van der Waals surface area contributed by atoms with Crippen molar-refractivity contribution in [2.45, 2.75) is 6.92 Å². The average Bonchev–Trinajstić information content (AvgIpc) is 2.12. The van der Waals surface area contributed by atoms with Crippen molar-refractivity contribution in [3.05, 3.63) is 27.6 Å². The Morgan fingerprint density at radius 2 is 2.17 bits per heavy atom. The molecule has 2 heterocycles. The van der Waals surface area contributed by atoms with Crippen LogP contribution < -0.4 is 0 Å². The van der Waals surface area contributed by atoms with Gasteiger partial charge in [-0.25, -0.2) is 4.98 Å². The number of fused-ring (bicyclic) bond motifs is 1. The second-order valence-electron chi connectivity index (χ2n) is 2.47. The van der Waals surface area contributed by atoms with E-state index in [0.717, 1.165) is 14.7 Å². The molecule has 0 aliphatic rings. The van der Waals surface area contributed by atoms with Crippen LogP contribution in [0.25, 0.3) is 11.0 Å². The summed E-state index contributed by atoms with van der Waals surface area (Å²) < 4.78 is 1.13. The van der Waals surface area contributed by atoms with E-state index in [-0.39, 0.29) is 0 Å².